The molecule has 4 nitrogen and oxygen atoms in total. The summed E-state index contributed by atoms with van der Waals surface area (Å²) in [6, 6.07) is 0. The van der Waals surface area contributed by atoms with Crippen LogP contribution in [0.1, 0.15) is 20.3 Å². The molecule has 1 aliphatic rings. The fourth-order valence-electron chi connectivity index (χ4n) is 1.44. The van der Waals surface area contributed by atoms with Crippen LogP contribution in [-0.2, 0) is 4.74 Å². The van der Waals surface area contributed by atoms with E-state index in [9.17, 15) is 15.3 Å². The van der Waals surface area contributed by atoms with Crippen molar-refractivity contribution in [3.8, 4) is 0 Å². The second-order valence-corrected chi connectivity index (χ2v) is 3.56. The highest BCUT2D eigenvalue weighted by Crippen LogP contribution is 2.36. The lowest BCUT2D eigenvalue weighted by Gasteiger charge is -2.43. The zero-order valence-electron chi connectivity index (χ0n) is 7.40. The first-order valence-corrected chi connectivity index (χ1v) is 4.18. The quantitative estimate of drug-likeness (QED) is 0.502. The molecule has 0 radical (unpaired) electrons. The Bertz CT molecular complexity index is 161. The molecular formula is C8H16O4. The summed E-state index contributed by atoms with van der Waals surface area (Å²) in [5.41, 5.74) is -0.752. The molecule has 0 saturated carbocycles. The summed E-state index contributed by atoms with van der Waals surface area (Å²) >= 11 is 0. The Labute approximate surface area is 71.8 Å². The molecule has 4 heteroatoms. The van der Waals surface area contributed by atoms with Gasteiger partial charge in [0.2, 0.25) is 0 Å². The van der Waals surface area contributed by atoms with Crippen molar-refractivity contribution in [3.05, 3.63) is 0 Å². The predicted octanol–water partition coefficient (Wildman–Crippen LogP) is -0.527. The van der Waals surface area contributed by atoms with Gasteiger partial charge in [-0.15, -0.1) is 0 Å². The number of rotatable bonds is 1. The highest BCUT2D eigenvalue weighted by molar-refractivity contribution is 4.91. The van der Waals surface area contributed by atoms with Crippen molar-refractivity contribution in [1.29, 1.82) is 0 Å². The molecule has 1 fully saturated rings. The Hall–Kier alpha value is -0.160. The summed E-state index contributed by atoms with van der Waals surface area (Å²) in [5, 5.41) is 28.3. The minimum atomic E-state index is -0.985. The van der Waals surface area contributed by atoms with E-state index in [1.54, 1.807) is 6.92 Å². The highest BCUT2D eigenvalue weighted by Gasteiger charge is 2.46. The second-order valence-electron chi connectivity index (χ2n) is 3.56. The lowest BCUT2D eigenvalue weighted by molar-refractivity contribution is -0.269. The molecule has 0 bridgehead atoms. The Balaban J connectivity index is 2.78. The minimum Gasteiger partial charge on any atom is -0.390 e. The van der Waals surface area contributed by atoms with Crippen LogP contribution in [0.15, 0.2) is 0 Å². The maximum absolute atomic E-state index is 9.58. The van der Waals surface area contributed by atoms with Crippen molar-refractivity contribution in [2.24, 2.45) is 5.41 Å². The molecule has 1 unspecified atom stereocenters. The molecule has 0 aromatic heterocycles. The number of ether oxygens (including phenoxy) is 1. The van der Waals surface area contributed by atoms with Gasteiger partial charge in [0.1, 0.15) is 6.10 Å². The van der Waals surface area contributed by atoms with E-state index < -0.39 is 23.9 Å². The van der Waals surface area contributed by atoms with Crippen LogP contribution < -0.4 is 0 Å². The molecule has 0 spiro atoms. The molecule has 3 N–H and O–H groups in total. The van der Waals surface area contributed by atoms with Crippen molar-refractivity contribution in [1.82, 2.24) is 0 Å². The van der Waals surface area contributed by atoms with Gasteiger partial charge in [-0.2, -0.15) is 0 Å². The summed E-state index contributed by atoms with van der Waals surface area (Å²) < 4.78 is 4.91. The molecular weight excluding hydrogens is 160 g/mol. The van der Waals surface area contributed by atoms with Gasteiger partial charge in [-0.3, -0.25) is 0 Å². The van der Waals surface area contributed by atoms with Crippen LogP contribution in [0.2, 0.25) is 0 Å². The van der Waals surface area contributed by atoms with E-state index in [0.29, 0.717) is 6.42 Å². The highest BCUT2D eigenvalue weighted by atomic mass is 16.6. The first kappa shape index (κ1) is 9.92. The van der Waals surface area contributed by atoms with Crippen molar-refractivity contribution in [2.75, 3.05) is 6.61 Å². The molecule has 1 heterocycles. The largest absolute Gasteiger partial charge is 0.390 e. The first-order chi connectivity index (χ1) is 5.52. The third-order valence-electron chi connectivity index (χ3n) is 2.79. The van der Waals surface area contributed by atoms with Crippen LogP contribution in [0.3, 0.4) is 0 Å². The van der Waals surface area contributed by atoms with Gasteiger partial charge >= 0.3 is 0 Å². The smallest absolute Gasteiger partial charge is 0.162 e. The zero-order chi connectivity index (χ0) is 9.35. The maximum atomic E-state index is 9.58. The van der Waals surface area contributed by atoms with E-state index in [1.165, 1.54) is 0 Å². The van der Waals surface area contributed by atoms with Crippen LogP contribution in [0.25, 0.3) is 0 Å². The fraction of sp³-hybridized carbons (Fsp3) is 1.00. The van der Waals surface area contributed by atoms with E-state index in [2.05, 4.69) is 0 Å². The number of hydrogen-bond acceptors (Lipinski definition) is 4. The van der Waals surface area contributed by atoms with Crippen LogP contribution in [-0.4, -0.2) is 40.4 Å². The zero-order valence-corrected chi connectivity index (χ0v) is 7.40. The Kier molecular flexibility index (Phi) is 2.73. The van der Waals surface area contributed by atoms with Crippen molar-refractivity contribution in [3.63, 3.8) is 0 Å². The van der Waals surface area contributed by atoms with Crippen LogP contribution in [0, 0.1) is 5.41 Å². The summed E-state index contributed by atoms with van der Waals surface area (Å²) in [4.78, 5) is 0. The molecule has 12 heavy (non-hydrogen) atoms. The third-order valence-corrected chi connectivity index (χ3v) is 2.79. The molecule has 1 rings (SSSR count). The van der Waals surface area contributed by atoms with Crippen LogP contribution >= 0.6 is 0 Å². The molecule has 1 saturated heterocycles. The normalized spacial score (nSPS) is 49.2. The van der Waals surface area contributed by atoms with Crippen molar-refractivity contribution < 1.29 is 20.1 Å². The number of aliphatic hydroxyl groups excluding tert-OH is 3. The summed E-state index contributed by atoms with van der Waals surface area (Å²) in [7, 11) is 0. The molecule has 4 atom stereocenters. The third kappa shape index (κ3) is 1.35. The van der Waals surface area contributed by atoms with Gasteiger partial charge in [0.25, 0.3) is 0 Å². The second kappa shape index (κ2) is 3.30. The average molecular weight is 176 g/mol. The van der Waals surface area contributed by atoms with E-state index >= 15 is 0 Å². The number of aliphatic hydroxyl groups is 3. The van der Waals surface area contributed by atoms with Crippen LogP contribution in [0.5, 0.6) is 0 Å². The molecule has 0 aliphatic carbocycles. The molecule has 0 aromatic rings. The summed E-state index contributed by atoms with van der Waals surface area (Å²) in [6.45, 7) is 3.54. The van der Waals surface area contributed by atoms with E-state index in [4.69, 9.17) is 4.74 Å². The van der Waals surface area contributed by atoms with Gasteiger partial charge in [-0.1, -0.05) is 13.8 Å². The van der Waals surface area contributed by atoms with E-state index in [1.807, 2.05) is 6.92 Å². The monoisotopic (exact) mass is 176 g/mol. The Morgan fingerprint density at radius 2 is 2.00 bits per heavy atom. The molecule has 72 valence electrons. The molecule has 0 aromatic carbocycles. The topological polar surface area (TPSA) is 69.9 Å². The minimum absolute atomic E-state index is 0.00206. The lowest BCUT2D eigenvalue weighted by atomic mass is 9.77. The standard InChI is InChI=1S/C8H16O4/c1-3-8(2)6(10)5(9)4-12-7(8)11/h5-7,9-11H,3-4H2,1-2H3/t5-,6+,7?,8-/m1/s1. The Morgan fingerprint density at radius 1 is 1.42 bits per heavy atom. The summed E-state index contributed by atoms with van der Waals surface area (Å²) in [5.74, 6) is 0. The summed E-state index contributed by atoms with van der Waals surface area (Å²) in [6.07, 6.45) is -2.22. The van der Waals surface area contributed by atoms with Crippen LogP contribution in [0.4, 0.5) is 0 Å². The SMILES string of the molecule is CC[C@@]1(C)C(O)OC[C@@H](O)[C@@H]1O. The molecule has 0 amide bonds. The van der Waals surface area contributed by atoms with Crippen molar-refractivity contribution in [2.45, 2.75) is 38.8 Å². The van der Waals surface area contributed by atoms with Gasteiger partial charge in [0.05, 0.1) is 12.7 Å². The van der Waals surface area contributed by atoms with Gasteiger partial charge in [-0.05, 0) is 6.42 Å². The van der Waals surface area contributed by atoms with Gasteiger partial charge in [0.15, 0.2) is 6.29 Å². The van der Waals surface area contributed by atoms with Gasteiger partial charge in [0, 0.05) is 5.41 Å². The fourth-order valence-corrected chi connectivity index (χ4v) is 1.44. The first-order valence-electron chi connectivity index (χ1n) is 4.18. The van der Waals surface area contributed by atoms with Gasteiger partial charge in [-0.25, -0.2) is 0 Å². The lowest BCUT2D eigenvalue weighted by Crippen LogP contribution is -2.55. The van der Waals surface area contributed by atoms with Crippen molar-refractivity contribution >= 4 is 0 Å². The predicted molar refractivity (Wildman–Crippen MR) is 42.4 cm³/mol. The van der Waals surface area contributed by atoms with E-state index in [-0.39, 0.29) is 6.61 Å². The molecule has 1 aliphatic heterocycles. The van der Waals surface area contributed by atoms with Gasteiger partial charge < -0.3 is 20.1 Å². The Morgan fingerprint density at radius 3 is 2.42 bits per heavy atom. The average Bonchev–Trinajstić information content (AvgIpc) is 2.08. The maximum Gasteiger partial charge on any atom is 0.162 e. The van der Waals surface area contributed by atoms with E-state index in [0.717, 1.165) is 0 Å². The number of hydrogen-bond donors (Lipinski definition) is 3.